The van der Waals surface area contributed by atoms with Gasteiger partial charge in [-0.15, -0.1) is 0 Å². The highest BCUT2D eigenvalue weighted by Crippen LogP contribution is 2.23. The molecule has 0 saturated carbocycles. The minimum absolute atomic E-state index is 0.0814. The Morgan fingerprint density at radius 1 is 1.04 bits per heavy atom. The van der Waals surface area contributed by atoms with Crippen LogP contribution in [0.1, 0.15) is 17.3 Å². The van der Waals surface area contributed by atoms with Crippen LogP contribution in [0.3, 0.4) is 0 Å². The summed E-state index contributed by atoms with van der Waals surface area (Å²) in [6.07, 6.45) is -0.731. The Labute approximate surface area is 147 Å². The molecule has 0 bridgehead atoms. The van der Waals surface area contributed by atoms with Gasteiger partial charge in [0.05, 0.1) is 24.9 Å². The number of amides is 2. The Hall–Kier alpha value is -2.12. The molecule has 136 valence electrons. The van der Waals surface area contributed by atoms with Crippen LogP contribution in [0.5, 0.6) is 0 Å². The third kappa shape index (κ3) is 4.11. The zero-order valence-corrected chi connectivity index (χ0v) is 14.6. The van der Waals surface area contributed by atoms with Crippen molar-refractivity contribution in [1.29, 1.82) is 0 Å². The number of hydrogen-bond acceptors (Lipinski definition) is 5. The lowest BCUT2D eigenvalue weighted by Gasteiger charge is -2.31. The number of morpholine rings is 1. The number of aliphatic hydroxyl groups is 1. The molecular weight excluding hydrogens is 322 g/mol. The van der Waals surface area contributed by atoms with E-state index in [0.717, 1.165) is 18.8 Å². The van der Waals surface area contributed by atoms with E-state index >= 15 is 0 Å². The Morgan fingerprint density at radius 2 is 1.68 bits per heavy atom. The first-order chi connectivity index (χ1) is 12.1. The van der Waals surface area contributed by atoms with Crippen LogP contribution in [0, 0.1) is 0 Å². The van der Waals surface area contributed by atoms with Crippen molar-refractivity contribution < 1.29 is 19.4 Å². The highest BCUT2D eigenvalue weighted by atomic mass is 16.5. The summed E-state index contributed by atoms with van der Waals surface area (Å²) < 4.78 is 5.40. The van der Waals surface area contributed by atoms with Crippen LogP contribution in [0.15, 0.2) is 24.3 Å². The molecule has 2 saturated heterocycles. The van der Waals surface area contributed by atoms with Gasteiger partial charge in [0.25, 0.3) is 5.91 Å². The second-order valence-electron chi connectivity index (χ2n) is 6.49. The molecule has 7 nitrogen and oxygen atoms in total. The molecular formula is C18H25N3O4. The van der Waals surface area contributed by atoms with Gasteiger partial charge in [-0.05, 0) is 12.1 Å². The molecule has 7 heteroatoms. The fraction of sp³-hybridized carbons (Fsp3) is 0.556. The van der Waals surface area contributed by atoms with Gasteiger partial charge in [-0.3, -0.25) is 9.59 Å². The lowest BCUT2D eigenvalue weighted by Crippen LogP contribution is -2.40. The van der Waals surface area contributed by atoms with Crippen LogP contribution in [-0.2, 0) is 9.53 Å². The normalized spacial score (nSPS) is 21.8. The van der Waals surface area contributed by atoms with E-state index in [9.17, 15) is 14.7 Å². The minimum Gasteiger partial charge on any atom is -0.389 e. The van der Waals surface area contributed by atoms with Crippen LogP contribution in [0.25, 0.3) is 0 Å². The van der Waals surface area contributed by atoms with E-state index in [-0.39, 0.29) is 24.9 Å². The van der Waals surface area contributed by atoms with Crippen molar-refractivity contribution in [3.05, 3.63) is 29.8 Å². The Morgan fingerprint density at radius 3 is 2.40 bits per heavy atom. The predicted molar refractivity (Wildman–Crippen MR) is 93.6 cm³/mol. The maximum absolute atomic E-state index is 13.1. The van der Waals surface area contributed by atoms with Gasteiger partial charge in [-0.25, -0.2) is 0 Å². The van der Waals surface area contributed by atoms with E-state index in [1.54, 1.807) is 9.80 Å². The summed E-state index contributed by atoms with van der Waals surface area (Å²) in [6, 6.07) is 7.56. The first-order valence-electron chi connectivity index (χ1n) is 8.71. The van der Waals surface area contributed by atoms with Crippen molar-refractivity contribution in [1.82, 2.24) is 9.80 Å². The molecule has 2 fully saturated rings. The van der Waals surface area contributed by atoms with Gasteiger partial charge < -0.3 is 24.5 Å². The Bertz CT molecular complexity index is 631. The SMILES string of the molecule is CC(=O)N1CCN(C(=O)c2ccccc2N2CCOCC2)C[C@@H](O)C1. The molecule has 1 N–H and O–H groups in total. The van der Waals surface area contributed by atoms with Crippen LogP contribution < -0.4 is 4.90 Å². The van der Waals surface area contributed by atoms with Crippen molar-refractivity contribution in [2.24, 2.45) is 0 Å². The number of hydrogen-bond donors (Lipinski definition) is 1. The van der Waals surface area contributed by atoms with E-state index in [1.165, 1.54) is 6.92 Å². The Kier molecular flexibility index (Phi) is 5.55. The van der Waals surface area contributed by atoms with Crippen LogP contribution in [0.2, 0.25) is 0 Å². The molecule has 0 spiro atoms. The van der Waals surface area contributed by atoms with Crippen LogP contribution in [0.4, 0.5) is 5.69 Å². The molecule has 2 heterocycles. The van der Waals surface area contributed by atoms with E-state index in [1.807, 2.05) is 24.3 Å². The van der Waals surface area contributed by atoms with Crippen molar-refractivity contribution in [2.75, 3.05) is 57.4 Å². The number of anilines is 1. The van der Waals surface area contributed by atoms with Gasteiger partial charge in [0, 0.05) is 51.9 Å². The summed E-state index contributed by atoms with van der Waals surface area (Å²) in [5.74, 6) is -0.186. The number of carbonyl (C=O) groups excluding carboxylic acids is 2. The van der Waals surface area contributed by atoms with Gasteiger partial charge in [0.15, 0.2) is 0 Å². The largest absolute Gasteiger partial charge is 0.389 e. The first-order valence-corrected chi connectivity index (χ1v) is 8.71. The van der Waals surface area contributed by atoms with E-state index < -0.39 is 6.10 Å². The number of para-hydroxylation sites is 1. The zero-order chi connectivity index (χ0) is 17.8. The molecule has 0 aromatic heterocycles. The molecule has 2 amide bonds. The standard InChI is InChI=1S/C18H25N3O4/c1-14(22)20-6-7-21(13-15(23)12-20)18(24)16-4-2-3-5-17(16)19-8-10-25-11-9-19/h2-5,15,23H,6-13H2,1H3/t15-/m0/s1. The molecule has 3 rings (SSSR count). The van der Waals surface area contributed by atoms with Gasteiger partial charge in [-0.2, -0.15) is 0 Å². The van der Waals surface area contributed by atoms with Gasteiger partial charge in [-0.1, -0.05) is 12.1 Å². The monoisotopic (exact) mass is 347 g/mol. The summed E-state index contributed by atoms with van der Waals surface area (Å²) in [4.78, 5) is 30.1. The third-order valence-electron chi connectivity index (χ3n) is 4.72. The highest BCUT2D eigenvalue weighted by Gasteiger charge is 2.28. The van der Waals surface area contributed by atoms with E-state index in [2.05, 4.69) is 4.90 Å². The molecule has 1 aromatic carbocycles. The fourth-order valence-electron chi connectivity index (χ4n) is 3.37. The first kappa shape index (κ1) is 17.7. The Balaban J connectivity index is 1.79. The number of β-amino-alcohol motifs (C(OH)–C–C–N with tert-alkyl or cyclic N) is 1. The number of benzene rings is 1. The molecule has 25 heavy (non-hydrogen) atoms. The quantitative estimate of drug-likeness (QED) is 0.827. The summed E-state index contributed by atoms with van der Waals surface area (Å²) in [6.45, 7) is 5.67. The zero-order valence-electron chi connectivity index (χ0n) is 14.6. The molecule has 1 atom stereocenters. The average Bonchev–Trinajstić information content (AvgIpc) is 2.84. The number of carbonyl (C=O) groups is 2. The topological polar surface area (TPSA) is 73.3 Å². The van der Waals surface area contributed by atoms with Crippen molar-refractivity contribution in [3.63, 3.8) is 0 Å². The van der Waals surface area contributed by atoms with Gasteiger partial charge in [0.2, 0.25) is 5.91 Å². The molecule has 2 aliphatic heterocycles. The number of rotatable bonds is 2. The average molecular weight is 347 g/mol. The summed E-state index contributed by atoms with van der Waals surface area (Å²) in [5.41, 5.74) is 1.53. The van der Waals surface area contributed by atoms with Crippen molar-refractivity contribution >= 4 is 17.5 Å². The van der Waals surface area contributed by atoms with Crippen LogP contribution in [-0.4, -0.2) is 85.3 Å². The van der Waals surface area contributed by atoms with Crippen molar-refractivity contribution in [3.8, 4) is 0 Å². The minimum atomic E-state index is -0.731. The molecule has 0 radical (unpaired) electrons. The van der Waals surface area contributed by atoms with Crippen LogP contribution >= 0.6 is 0 Å². The highest BCUT2D eigenvalue weighted by molar-refractivity contribution is 6.00. The van der Waals surface area contributed by atoms with Crippen molar-refractivity contribution in [2.45, 2.75) is 13.0 Å². The van der Waals surface area contributed by atoms with Gasteiger partial charge >= 0.3 is 0 Å². The maximum atomic E-state index is 13.1. The second kappa shape index (κ2) is 7.84. The maximum Gasteiger partial charge on any atom is 0.256 e. The second-order valence-corrected chi connectivity index (χ2v) is 6.49. The van der Waals surface area contributed by atoms with Gasteiger partial charge in [0.1, 0.15) is 0 Å². The molecule has 2 aliphatic rings. The number of nitrogens with zero attached hydrogens (tertiary/aromatic N) is 3. The lowest BCUT2D eigenvalue weighted by atomic mass is 10.1. The van der Waals surface area contributed by atoms with E-state index in [0.29, 0.717) is 31.9 Å². The smallest absolute Gasteiger partial charge is 0.256 e. The predicted octanol–water partition coefficient (Wildman–Crippen LogP) is 0.188. The van der Waals surface area contributed by atoms with E-state index in [4.69, 9.17) is 4.74 Å². The summed E-state index contributed by atoms with van der Waals surface area (Å²) in [7, 11) is 0. The fourth-order valence-corrected chi connectivity index (χ4v) is 3.37. The third-order valence-corrected chi connectivity index (χ3v) is 4.72. The lowest BCUT2D eigenvalue weighted by molar-refractivity contribution is -0.129. The summed E-state index contributed by atoms with van der Waals surface area (Å²) in [5, 5.41) is 10.2. The number of aliphatic hydroxyl groups excluding tert-OH is 1. The molecule has 0 unspecified atom stereocenters. The number of ether oxygens (including phenoxy) is 1. The molecule has 1 aromatic rings. The summed E-state index contributed by atoms with van der Waals surface area (Å²) >= 11 is 0. The molecule has 0 aliphatic carbocycles.